The molecule has 0 spiro atoms. The topological polar surface area (TPSA) is 58.4 Å². The normalized spacial score (nSPS) is 17.1. The van der Waals surface area contributed by atoms with Crippen LogP contribution in [0.2, 0.25) is 5.02 Å². The van der Waals surface area contributed by atoms with Crippen LogP contribution in [-0.4, -0.2) is 36.5 Å². The monoisotopic (exact) mass is 295 g/mol. The summed E-state index contributed by atoms with van der Waals surface area (Å²) in [6.45, 7) is 5.44. The first-order valence-electron chi connectivity index (χ1n) is 7.17. The minimum atomic E-state index is -0.0897. The number of nitrogens with zero attached hydrogens (tertiary/aromatic N) is 1. The quantitative estimate of drug-likeness (QED) is 0.839. The van der Waals surface area contributed by atoms with Crippen molar-refractivity contribution in [3.63, 3.8) is 0 Å². The summed E-state index contributed by atoms with van der Waals surface area (Å²) >= 11 is 5.92. The van der Waals surface area contributed by atoms with E-state index in [4.69, 9.17) is 17.3 Å². The molecule has 0 aliphatic carbocycles. The highest BCUT2D eigenvalue weighted by atomic mass is 35.5. The van der Waals surface area contributed by atoms with E-state index in [-0.39, 0.29) is 11.9 Å². The summed E-state index contributed by atoms with van der Waals surface area (Å²) in [5, 5.41) is 3.57. The van der Waals surface area contributed by atoms with Crippen LogP contribution in [0, 0.1) is 0 Å². The second kappa shape index (κ2) is 6.95. The minimum absolute atomic E-state index is 0.0897. The summed E-state index contributed by atoms with van der Waals surface area (Å²) in [5.74, 6) is -0.0897. The number of piperidine rings is 1. The SMILES string of the molecule is CCCN1CCC(NC(=O)c2cc(N)cc(Cl)c2)CC1. The first-order valence-corrected chi connectivity index (χ1v) is 7.55. The van der Waals surface area contributed by atoms with Crippen LogP contribution in [0.4, 0.5) is 5.69 Å². The average molecular weight is 296 g/mol. The van der Waals surface area contributed by atoms with Gasteiger partial charge in [0.25, 0.3) is 5.91 Å². The van der Waals surface area contributed by atoms with E-state index >= 15 is 0 Å². The van der Waals surface area contributed by atoms with Gasteiger partial charge >= 0.3 is 0 Å². The van der Waals surface area contributed by atoms with E-state index in [1.54, 1.807) is 18.2 Å². The van der Waals surface area contributed by atoms with Crippen LogP contribution in [-0.2, 0) is 0 Å². The molecule has 0 saturated carbocycles. The van der Waals surface area contributed by atoms with Crippen LogP contribution in [0.5, 0.6) is 0 Å². The van der Waals surface area contributed by atoms with Gasteiger partial charge < -0.3 is 16.0 Å². The molecule has 1 heterocycles. The Morgan fingerprint density at radius 1 is 1.40 bits per heavy atom. The van der Waals surface area contributed by atoms with Crippen molar-refractivity contribution in [3.8, 4) is 0 Å². The Kier molecular flexibility index (Phi) is 5.26. The molecule has 110 valence electrons. The lowest BCUT2D eigenvalue weighted by atomic mass is 10.0. The van der Waals surface area contributed by atoms with Crippen molar-refractivity contribution in [2.75, 3.05) is 25.4 Å². The summed E-state index contributed by atoms with van der Waals surface area (Å²) in [4.78, 5) is 14.6. The predicted octanol–water partition coefficient (Wildman–Crippen LogP) is 2.53. The molecule has 1 aliphatic heterocycles. The molecule has 3 N–H and O–H groups in total. The lowest BCUT2D eigenvalue weighted by molar-refractivity contribution is 0.0911. The van der Waals surface area contributed by atoms with Crippen molar-refractivity contribution in [1.29, 1.82) is 0 Å². The van der Waals surface area contributed by atoms with Gasteiger partial charge in [-0.2, -0.15) is 0 Å². The Morgan fingerprint density at radius 2 is 2.10 bits per heavy atom. The summed E-state index contributed by atoms with van der Waals surface area (Å²) in [6, 6.07) is 5.20. The van der Waals surface area contributed by atoms with E-state index in [9.17, 15) is 4.79 Å². The standard InChI is InChI=1S/C15H22ClN3O/c1-2-5-19-6-3-14(4-7-19)18-15(20)11-8-12(16)10-13(17)9-11/h8-10,14H,2-7,17H2,1H3,(H,18,20). The zero-order valence-electron chi connectivity index (χ0n) is 11.9. The fraction of sp³-hybridized carbons (Fsp3) is 0.533. The fourth-order valence-corrected chi connectivity index (χ4v) is 2.87. The molecule has 0 radical (unpaired) electrons. The lowest BCUT2D eigenvalue weighted by Gasteiger charge is -2.32. The molecule has 1 saturated heterocycles. The molecule has 0 unspecified atom stereocenters. The number of nitrogens with one attached hydrogen (secondary N) is 1. The van der Waals surface area contributed by atoms with Crippen molar-refractivity contribution in [2.45, 2.75) is 32.2 Å². The highest BCUT2D eigenvalue weighted by Gasteiger charge is 2.20. The summed E-state index contributed by atoms with van der Waals surface area (Å²) in [6.07, 6.45) is 3.18. The van der Waals surface area contributed by atoms with Crippen molar-refractivity contribution >= 4 is 23.2 Å². The maximum absolute atomic E-state index is 12.2. The van der Waals surface area contributed by atoms with Crippen LogP contribution in [0.1, 0.15) is 36.5 Å². The summed E-state index contributed by atoms with van der Waals surface area (Å²) in [5.41, 5.74) is 6.76. The fourth-order valence-electron chi connectivity index (χ4n) is 2.63. The number of anilines is 1. The molecular weight excluding hydrogens is 274 g/mol. The largest absolute Gasteiger partial charge is 0.399 e. The molecule has 5 heteroatoms. The molecule has 1 aromatic rings. The van der Waals surface area contributed by atoms with Gasteiger partial charge in [-0.3, -0.25) is 4.79 Å². The Labute approximate surface area is 125 Å². The number of hydrogen-bond donors (Lipinski definition) is 2. The first kappa shape index (κ1) is 15.1. The highest BCUT2D eigenvalue weighted by molar-refractivity contribution is 6.31. The molecule has 1 aliphatic rings. The number of nitrogen functional groups attached to an aromatic ring is 1. The number of rotatable bonds is 4. The Bertz CT molecular complexity index is 450. The van der Waals surface area contributed by atoms with E-state index in [1.165, 1.54) is 6.42 Å². The van der Waals surface area contributed by atoms with Gasteiger partial charge in [0, 0.05) is 35.4 Å². The lowest BCUT2D eigenvalue weighted by Crippen LogP contribution is -2.44. The molecule has 0 atom stereocenters. The van der Waals surface area contributed by atoms with Gasteiger partial charge in [0.2, 0.25) is 0 Å². The molecule has 20 heavy (non-hydrogen) atoms. The van der Waals surface area contributed by atoms with Crippen LogP contribution < -0.4 is 11.1 Å². The van der Waals surface area contributed by atoms with E-state index in [1.807, 2.05) is 0 Å². The molecule has 1 aromatic carbocycles. The van der Waals surface area contributed by atoms with Gasteiger partial charge in [-0.25, -0.2) is 0 Å². The molecule has 1 amide bonds. The first-order chi connectivity index (χ1) is 9.58. The Hall–Kier alpha value is -1.26. The zero-order valence-corrected chi connectivity index (χ0v) is 12.6. The van der Waals surface area contributed by atoms with Crippen LogP contribution in [0.25, 0.3) is 0 Å². The van der Waals surface area contributed by atoms with Crippen LogP contribution in [0.3, 0.4) is 0 Å². The number of amides is 1. The number of carbonyl (C=O) groups excluding carboxylic acids is 1. The van der Waals surface area contributed by atoms with E-state index in [2.05, 4.69) is 17.1 Å². The second-order valence-corrected chi connectivity index (χ2v) is 5.80. The van der Waals surface area contributed by atoms with Gasteiger partial charge in [-0.15, -0.1) is 0 Å². The molecule has 4 nitrogen and oxygen atoms in total. The third-order valence-electron chi connectivity index (χ3n) is 3.64. The third kappa shape index (κ3) is 4.12. The highest BCUT2D eigenvalue weighted by Crippen LogP contribution is 2.17. The molecule has 0 bridgehead atoms. The molecule has 2 rings (SSSR count). The van der Waals surface area contributed by atoms with Gasteiger partial charge in [0.1, 0.15) is 0 Å². The maximum atomic E-state index is 12.2. The predicted molar refractivity (Wildman–Crippen MR) is 83.1 cm³/mol. The van der Waals surface area contributed by atoms with E-state index in [0.717, 1.165) is 32.5 Å². The summed E-state index contributed by atoms with van der Waals surface area (Å²) in [7, 11) is 0. The smallest absolute Gasteiger partial charge is 0.251 e. The van der Waals surface area contributed by atoms with Gasteiger partial charge in [0.15, 0.2) is 0 Å². The number of hydrogen-bond acceptors (Lipinski definition) is 3. The maximum Gasteiger partial charge on any atom is 0.251 e. The van der Waals surface area contributed by atoms with Crippen LogP contribution in [0.15, 0.2) is 18.2 Å². The minimum Gasteiger partial charge on any atom is -0.399 e. The van der Waals surface area contributed by atoms with Gasteiger partial charge in [-0.05, 0) is 44.0 Å². The van der Waals surface area contributed by atoms with Gasteiger partial charge in [-0.1, -0.05) is 18.5 Å². The zero-order chi connectivity index (χ0) is 14.5. The second-order valence-electron chi connectivity index (χ2n) is 5.36. The molecular formula is C15H22ClN3O. The molecule has 1 fully saturated rings. The summed E-state index contributed by atoms with van der Waals surface area (Å²) < 4.78 is 0. The molecule has 0 aromatic heterocycles. The number of benzene rings is 1. The van der Waals surface area contributed by atoms with Crippen LogP contribution >= 0.6 is 11.6 Å². The Balaban J connectivity index is 1.89. The average Bonchev–Trinajstić information content (AvgIpc) is 2.40. The van der Waals surface area contributed by atoms with Crippen molar-refractivity contribution in [1.82, 2.24) is 10.2 Å². The van der Waals surface area contributed by atoms with E-state index < -0.39 is 0 Å². The number of nitrogens with two attached hydrogens (primary N) is 1. The third-order valence-corrected chi connectivity index (χ3v) is 3.86. The van der Waals surface area contributed by atoms with Crippen molar-refractivity contribution in [2.24, 2.45) is 0 Å². The number of halogens is 1. The van der Waals surface area contributed by atoms with Crippen molar-refractivity contribution in [3.05, 3.63) is 28.8 Å². The van der Waals surface area contributed by atoms with E-state index in [0.29, 0.717) is 16.3 Å². The van der Waals surface area contributed by atoms with Gasteiger partial charge in [0.05, 0.1) is 0 Å². The number of carbonyl (C=O) groups is 1. The Morgan fingerprint density at radius 3 is 2.70 bits per heavy atom. The number of likely N-dealkylation sites (tertiary alicyclic amines) is 1. The van der Waals surface area contributed by atoms with Crippen molar-refractivity contribution < 1.29 is 4.79 Å².